The fourth-order valence-electron chi connectivity index (χ4n) is 7.58. The SMILES string of the molecule is C/C(=C\c1cc(F)cc(N(C)C2CCN(C(=O)c3cn(C)cn3)CC2)c1)[C@H]1C(=O)C(=O)C[C@H](O)CC[C@H](C)[C@@H](OC(=O)N2CCN(C)CC2)/C=C/[C@@H]1C. The number of aliphatic hydroxyl groups is 1. The quantitative estimate of drug-likeness (QED) is 0.335. The van der Waals surface area contributed by atoms with Crippen LogP contribution in [0, 0.1) is 23.6 Å². The smallest absolute Gasteiger partial charge is 0.410 e. The molecule has 0 radical (unpaired) electrons. The number of piperazine rings is 1. The largest absolute Gasteiger partial charge is 0.442 e. The Kier molecular flexibility index (Phi) is 13.3. The zero-order chi connectivity index (χ0) is 38.4. The van der Waals surface area contributed by atoms with Gasteiger partial charge in [-0.05, 0) is 81.3 Å². The van der Waals surface area contributed by atoms with Gasteiger partial charge in [0.1, 0.15) is 17.6 Å². The van der Waals surface area contributed by atoms with Gasteiger partial charge in [0, 0.05) is 77.7 Å². The minimum atomic E-state index is -1.01. The number of benzene rings is 1. The van der Waals surface area contributed by atoms with Gasteiger partial charge in [0.25, 0.3) is 5.91 Å². The van der Waals surface area contributed by atoms with Crippen LogP contribution in [0.3, 0.4) is 0 Å². The van der Waals surface area contributed by atoms with Crippen molar-refractivity contribution in [2.24, 2.45) is 24.8 Å². The third-order valence-electron chi connectivity index (χ3n) is 11.0. The molecule has 1 N–H and O–H groups in total. The lowest BCUT2D eigenvalue weighted by Crippen LogP contribution is -2.48. The predicted molar refractivity (Wildman–Crippen MR) is 201 cm³/mol. The number of aryl methyl sites for hydroxylation is 1. The van der Waals surface area contributed by atoms with Gasteiger partial charge in [0.15, 0.2) is 0 Å². The number of nitrogens with zero attached hydrogens (tertiary/aromatic N) is 6. The summed E-state index contributed by atoms with van der Waals surface area (Å²) in [4.78, 5) is 64.9. The summed E-state index contributed by atoms with van der Waals surface area (Å²) in [5.74, 6) is -3.28. The van der Waals surface area contributed by atoms with Gasteiger partial charge in [-0.3, -0.25) is 14.4 Å². The fraction of sp³-hybridized carbons (Fsp3) is 0.575. The number of ketones is 2. The summed E-state index contributed by atoms with van der Waals surface area (Å²) in [6.45, 7) is 9.33. The molecule has 288 valence electrons. The second-order valence-corrected chi connectivity index (χ2v) is 15.3. The molecule has 5 rings (SSSR count). The zero-order valence-corrected chi connectivity index (χ0v) is 31.9. The number of hydrogen-bond donors (Lipinski definition) is 1. The highest BCUT2D eigenvalue weighted by atomic mass is 19.1. The first kappa shape index (κ1) is 39.8. The van der Waals surface area contributed by atoms with Crippen LogP contribution in [0.4, 0.5) is 14.9 Å². The molecule has 0 bridgehead atoms. The number of amides is 2. The monoisotopic (exact) mass is 734 g/mol. The molecule has 53 heavy (non-hydrogen) atoms. The molecule has 5 atom stereocenters. The molecule has 1 aliphatic carbocycles. The maximum Gasteiger partial charge on any atom is 0.410 e. The Balaban J connectivity index is 1.33. The van der Waals surface area contributed by atoms with E-state index >= 15 is 4.39 Å². The normalized spacial score (nSPS) is 26.5. The molecule has 1 aromatic heterocycles. The molecule has 1 aromatic carbocycles. The molecule has 12 nitrogen and oxygen atoms in total. The number of imidazole rings is 1. The minimum absolute atomic E-state index is 0.0743. The average Bonchev–Trinajstić information content (AvgIpc) is 3.57. The molecule has 2 amide bonds. The van der Waals surface area contributed by atoms with Gasteiger partial charge < -0.3 is 34.0 Å². The highest BCUT2D eigenvalue weighted by Gasteiger charge is 2.34. The van der Waals surface area contributed by atoms with E-state index < -0.39 is 47.5 Å². The lowest BCUT2D eigenvalue weighted by Gasteiger charge is -2.37. The lowest BCUT2D eigenvalue weighted by atomic mass is 9.79. The van der Waals surface area contributed by atoms with Crippen LogP contribution < -0.4 is 4.90 Å². The van der Waals surface area contributed by atoms with Crippen LogP contribution >= 0.6 is 0 Å². The van der Waals surface area contributed by atoms with E-state index in [0.717, 1.165) is 13.1 Å². The van der Waals surface area contributed by atoms with Crippen molar-refractivity contribution in [3.8, 4) is 0 Å². The van der Waals surface area contributed by atoms with Gasteiger partial charge in [0.2, 0.25) is 11.6 Å². The van der Waals surface area contributed by atoms with E-state index in [9.17, 15) is 24.3 Å². The van der Waals surface area contributed by atoms with Gasteiger partial charge in [-0.25, -0.2) is 14.2 Å². The number of halogens is 1. The Morgan fingerprint density at radius 3 is 2.32 bits per heavy atom. The number of aliphatic hydroxyl groups excluding tert-OH is 1. The van der Waals surface area contributed by atoms with Crippen molar-refractivity contribution in [2.75, 3.05) is 58.3 Å². The second-order valence-electron chi connectivity index (χ2n) is 15.3. The first-order valence-corrected chi connectivity index (χ1v) is 18.8. The summed E-state index contributed by atoms with van der Waals surface area (Å²) in [5.41, 5.74) is 2.20. The van der Waals surface area contributed by atoms with E-state index in [1.54, 1.807) is 46.0 Å². The molecule has 3 aliphatic rings. The minimum Gasteiger partial charge on any atom is -0.442 e. The van der Waals surface area contributed by atoms with Crippen molar-refractivity contribution in [1.29, 1.82) is 0 Å². The Bertz CT molecular complexity index is 1690. The highest BCUT2D eigenvalue weighted by molar-refractivity contribution is 6.38. The maximum absolute atomic E-state index is 15.2. The Labute approximate surface area is 312 Å². The number of carbonyl (C=O) groups excluding carboxylic acids is 4. The fourth-order valence-corrected chi connectivity index (χ4v) is 7.58. The van der Waals surface area contributed by atoms with Crippen LogP contribution in [0.15, 0.2) is 48.4 Å². The molecule has 0 saturated carbocycles. The lowest BCUT2D eigenvalue weighted by molar-refractivity contribution is -0.140. The Morgan fingerprint density at radius 2 is 1.66 bits per heavy atom. The Morgan fingerprint density at radius 1 is 0.962 bits per heavy atom. The number of aromatic nitrogens is 2. The summed E-state index contributed by atoms with van der Waals surface area (Å²) in [6, 6.07) is 4.81. The number of hydrogen-bond acceptors (Lipinski definition) is 9. The molecule has 0 unspecified atom stereocenters. The number of anilines is 1. The maximum atomic E-state index is 15.2. The van der Waals surface area contributed by atoms with Gasteiger partial charge >= 0.3 is 6.09 Å². The van der Waals surface area contributed by atoms with Crippen LogP contribution in [-0.2, 0) is 21.4 Å². The van der Waals surface area contributed by atoms with Crippen molar-refractivity contribution in [2.45, 2.75) is 71.1 Å². The predicted octanol–water partition coefficient (Wildman–Crippen LogP) is 4.58. The number of ether oxygens (including phenoxy) is 1. The van der Waals surface area contributed by atoms with Crippen LogP contribution in [0.5, 0.6) is 0 Å². The van der Waals surface area contributed by atoms with E-state index in [-0.39, 0.29) is 30.7 Å². The molecule has 2 aliphatic heterocycles. The number of allylic oxidation sites excluding steroid dienone is 2. The molecule has 2 fully saturated rings. The highest BCUT2D eigenvalue weighted by Crippen LogP contribution is 2.31. The van der Waals surface area contributed by atoms with Crippen LogP contribution in [0.25, 0.3) is 6.08 Å². The molecule has 0 spiro atoms. The van der Waals surface area contributed by atoms with Gasteiger partial charge in [-0.2, -0.15) is 0 Å². The summed E-state index contributed by atoms with van der Waals surface area (Å²) < 4.78 is 22.9. The third-order valence-corrected chi connectivity index (χ3v) is 11.0. The molecular weight excluding hydrogens is 679 g/mol. The van der Waals surface area contributed by atoms with E-state index in [1.165, 1.54) is 12.1 Å². The van der Waals surface area contributed by atoms with Crippen LogP contribution in [-0.4, -0.2) is 125 Å². The summed E-state index contributed by atoms with van der Waals surface area (Å²) in [6.07, 6.45) is 8.60. The van der Waals surface area contributed by atoms with Crippen molar-refractivity contribution in [3.63, 3.8) is 0 Å². The number of piperidine rings is 1. The number of likely N-dealkylation sites (tertiary alicyclic amines) is 1. The second kappa shape index (κ2) is 17.6. The standard InChI is InChI=1S/C40H55FN6O6/c1-26-7-9-33(48)23-35(49)38(50)37(27(2)8-10-36(26)53-40(52)47-17-15-43(4)16-18-47)28(3)19-29-20-30(41)22-32(21-29)45(6)31-11-13-46(14-12-31)39(51)34-24-44(5)25-42-34/h8,10,19-22,24-27,31,33,36-37,48H,7,9,11-18,23H2,1-6H3/b10-8+,28-19+/t26-,27-,33+,36-,37-/m0/s1. The summed E-state index contributed by atoms with van der Waals surface area (Å²) in [7, 11) is 5.75. The van der Waals surface area contributed by atoms with Crippen molar-refractivity contribution < 1.29 is 33.4 Å². The van der Waals surface area contributed by atoms with Crippen molar-refractivity contribution in [1.82, 2.24) is 24.3 Å². The summed E-state index contributed by atoms with van der Waals surface area (Å²) >= 11 is 0. The van der Waals surface area contributed by atoms with Gasteiger partial charge in [-0.1, -0.05) is 31.6 Å². The summed E-state index contributed by atoms with van der Waals surface area (Å²) in [5, 5.41) is 10.7. The number of likely N-dealkylation sites (N-methyl/N-ethyl adjacent to an activating group) is 1. The van der Waals surface area contributed by atoms with Crippen molar-refractivity contribution >= 4 is 35.3 Å². The molecular formula is C40H55FN6O6. The van der Waals surface area contributed by atoms with Gasteiger partial charge in [0.05, 0.1) is 18.3 Å². The zero-order valence-electron chi connectivity index (χ0n) is 31.9. The average molecular weight is 735 g/mol. The number of Topliss-reactive ketones (excluding diaryl/α,β-unsaturated/α-hetero) is 2. The van der Waals surface area contributed by atoms with Crippen LogP contribution in [0.2, 0.25) is 0 Å². The number of rotatable bonds is 6. The topological polar surface area (TPSA) is 129 Å². The molecule has 2 saturated heterocycles. The first-order chi connectivity index (χ1) is 25.2. The first-order valence-electron chi connectivity index (χ1n) is 18.8. The Hall–Kier alpha value is -4.36. The van der Waals surface area contributed by atoms with Crippen molar-refractivity contribution in [3.05, 3.63) is 65.5 Å². The molecule has 3 heterocycles. The van der Waals surface area contributed by atoms with E-state index in [0.29, 0.717) is 68.0 Å². The van der Waals surface area contributed by atoms with Crippen LogP contribution in [0.1, 0.15) is 68.9 Å². The number of carbonyl (C=O) groups is 4. The van der Waals surface area contributed by atoms with E-state index in [1.807, 2.05) is 52.0 Å². The molecule has 2 aromatic rings. The van der Waals surface area contributed by atoms with E-state index in [4.69, 9.17) is 4.74 Å². The third kappa shape index (κ3) is 10.2. The van der Waals surface area contributed by atoms with Gasteiger partial charge in [-0.15, -0.1) is 0 Å². The molecule has 13 heteroatoms. The van der Waals surface area contributed by atoms with E-state index in [2.05, 4.69) is 9.88 Å².